The van der Waals surface area contributed by atoms with Crippen LogP contribution in [0.25, 0.3) is 0 Å². The molecule has 1 aliphatic heterocycles. The molecule has 23 heavy (non-hydrogen) atoms. The maximum absolute atomic E-state index is 12.4. The molecule has 130 valence electrons. The number of rotatable bonds is 3. The van der Waals surface area contributed by atoms with Gasteiger partial charge in [0.05, 0.1) is 5.01 Å². The summed E-state index contributed by atoms with van der Waals surface area (Å²) in [6, 6.07) is 0. The predicted molar refractivity (Wildman–Crippen MR) is 94.1 cm³/mol. The quantitative estimate of drug-likeness (QED) is 0.883. The molecule has 0 spiro atoms. The molecule has 0 saturated carbocycles. The van der Waals surface area contributed by atoms with Crippen LogP contribution >= 0.6 is 23.7 Å². The smallest absolute Gasteiger partial charge is 0.273 e. The van der Waals surface area contributed by atoms with Crippen molar-refractivity contribution in [1.82, 2.24) is 14.8 Å². The van der Waals surface area contributed by atoms with Crippen LogP contribution in [0.3, 0.4) is 0 Å². The van der Waals surface area contributed by atoms with Gasteiger partial charge in [0.1, 0.15) is 5.69 Å². The van der Waals surface area contributed by atoms with Crippen molar-refractivity contribution in [2.45, 2.75) is 27.2 Å². The minimum atomic E-state index is -0.377. The first-order valence-corrected chi connectivity index (χ1v) is 8.44. The molecule has 6 nitrogen and oxygen atoms in total. The third-order valence-electron chi connectivity index (χ3n) is 3.62. The number of nitrogens with zero attached hydrogens (tertiary/aromatic N) is 3. The zero-order valence-electron chi connectivity index (χ0n) is 13.9. The van der Waals surface area contributed by atoms with E-state index in [4.69, 9.17) is 5.73 Å². The van der Waals surface area contributed by atoms with Gasteiger partial charge < -0.3 is 15.5 Å². The van der Waals surface area contributed by atoms with Gasteiger partial charge in [-0.15, -0.1) is 23.7 Å². The number of thiazole rings is 1. The van der Waals surface area contributed by atoms with Crippen molar-refractivity contribution < 1.29 is 9.59 Å². The van der Waals surface area contributed by atoms with Gasteiger partial charge in [0, 0.05) is 43.4 Å². The van der Waals surface area contributed by atoms with Crippen LogP contribution in [0.2, 0.25) is 0 Å². The molecule has 0 atom stereocenters. The van der Waals surface area contributed by atoms with Gasteiger partial charge in [-0.3, -0.25) is 9.59 Å². The lowest BCUT2D eigenvalue weighted by Crippen LogP contribution is -2.53. The second-order valence-corrected chi connectivity index (χ2v) is 7.44. The van der Waals surface area contributed by atoms with Gasteiger partial charge in [0.25, 0.3) is 5.91 Å². The highest BCUT2D eigenvalue weighted by Crippen LogP contribution is 2.19. The highest BCUT2D eigenvalue weighted by molar-refractivity contribution is 7.09. The lowest BCUT2D eigenvalue weighted by atomic mass is 9.94. The summed E-state index contributed by atoms with van der Waals surface area (Å²) < 4.78 is 0. The van der Waals surface area contributed by atoms with E-state index in [1.165, 1.54) is 11.3 Å². The van der Waals surface area contributed by atoms with Gasteiger partial charge in [-0.05, 0) is 6.54 Å². The maximum atomic E-state index is 12.4. The second kappa shape index (κ2) is 8.08. The number of amides is 2. The Labute approximate surface area is 147 Å². The third-order valence-corrected chi connectivity index (χ3v) is 4.53. The zero-order chi connectivity index (χ0) is 16.3. The average Bonchev–Trinajstić information content (AvgIpc) is 2.94. The Morgan fingerprint density at radius 2 is 1.78 bits per heavy atom. The molecule has 8 heteroatoms. The molecule has 0 bridgehead atoms. The fraction of sp³-hybridized carbons (Fsp3) is 0.667. The van der Waals surface area contributed by atoms with Crippen LogP contribution in [0.4, 0.5) is 0 Å². The van der Waals surface area contributed by atoms with E-state index < -0.39 is 0 Å². The third kappa shape index (κ3) is 4.89. The lowest BCUT2D eigenvalue weighted by Gasteiger charge is -2.37. The Kier molecular flexibility index (Phi) is 6.98. The van der Waals surface area contributed by atoms with Crippen molar-refractivity contribution in [3.63, 3.8) is 0 Å². The number of nitrogens with two attached hydrogens (primary N) is 1. The van der Waals surface area contributed by atoms with Gasteiger partial charge in [0.15, 0.2) is 0 Å². The number of aromatic nitrogens is 1. The summed E-state index contributed by atoms with van der Waals surface area (Å²) in [5.41, 5.74) is 5.61. The van der Waals surface area contributed by atoms with Gasteiger partial charge >= 0.3 is 0 Å². The molecule has 0 aliphatic carbocycles. The molecule has 1 aromatic rings. The van der Waals surface area contributed by atoms with E-state index in [2.05, 4.69) is 4.98 Å². The van der Waals surface area contributed by atoms with Gasteiger partial charge in [-0.2, -0.15) is 0 Å². The number of halogens is 1. The predicted octanol–water partition coefficient (Wildman–Crippen LogP) is 1.40. The first-order valence-electron chi connectivity index (χ1n) is 7.56. The van der Waals surface area contributed by atoms with Gasteiger partial charge in [-0.1, -0.05) is 20.8 Å². The topological polar surface area (TPSA) is 79.5 Å². The Balaban J connectivity index is 0.00000264. The summed E-state index contributed by atoms with van der Waals surface area (Å²) in [7, 11) is 0. The fourth-order valence-electron chi connectivity index (χ4n) is 2.40. The average molecular weight is 361 g/mol. The van der Waals surface area contributed by atoms with Crippen LogP contribution in [0, 0.1) is 5.41 Å². The van der Waals surface area contributed by atoms with Gasteiger partial charge in [-0.25, -0.2) is 4.98 Å². The molecule has 2 amide bonds. The van der Waals surface area contributed by atoms with Crippen molar-refractivity contribution in [1.29, 1.82) is 0 Å². The fourth-order valence-corrected chi connectivity index (χ4v) is 3.18. The van der Waals surface area contributed by atoms with E-state index in [1.54, 1.807) is 10.3 Å². The van der Waals surface area contributed by atoms with Crippen molar-refractivity contribution in [2.24, 2.45) is 11.1 Å². The standard InChI is InChI=1S/C15H24N4O2S.ClH/c1-15(2,3)14(21)19-8-6-18(7-9-19)13(20)11-10-22-12(17-11)4-5-16;/h10H,4-9,16H2,1-3H3;1H. The van der Waals surface area contributed by atoms with Crippen molar-refractivity contribution in [2.75, 3.05) is 32.7 Å². The number of hydrogen-bond donors (Lipinski definition) is 1. The molecule has 2 N–H and O–H groups in total. The van der Waals surface area contributed by atoms with Crippen molar-refractivity contribution in [3.05, 3.63) is 16.1 Å². The van der Waals surface area contributed by atoms with E-state index in [0.717, 1.165) is 5.01 Å². The van der Waals surface area contributed by atoms with Crippen LogP contribution in [-0.4, -0.2) is 59.3 Å². The molecule has 1 aromatic heterocycles. The molecular weight excluding hydrogens is 336 g/mol. The van der Waals surface area contributed by atoms with E-state index in [0.29, 0.717) is 44.8 Å². The summed E-state index contributed by atoms with van der Waals surface area (Å²) in [6.07, 6.45) is 0.700. The monoisotopic (exact) mass is 360 g/mol. The van der Waals surface area contributed by atoms with Crippen LogP contribution < -0.4 is 5.73 Å². The Morgan fingerprint density at radius 1 is 1.22 bits per heavy atom. The number of carbonyl (C=O) groups excluding carboxylic acids is 2. The Morgan fingerprint density at radius 3 is 2.30 bits per heavy atom. The molecule has 1 aliphatic rings. The summed E-state index contributed by atoms with van der Waals surface area (Å²) in [5, 5.41) is 2.69. The van der Waals surface area contributed by atoms with Crippen molar-refractivity contribution >= 4 is 35.6 Å². The van der Waals surface area contributed by atoms with E-state index in [9.17, 15) is 9.59 Å². The van der Waals surface area contributed by atoms with Crippen molar-refractivity contribution in [3.8, 4) is 0 Å². The maximum Gasteiger partial charge on any atom is 0.273 e. The normalized spacial score (nSPS) is 15.3. The van der Waals surface area contributed by atoms with Crippen LogP contribution in [0.1, 0.15) is 36.3 Å². The molecule has 0 radical (unpaired) electrons. The molecule has 1 saturated heterocycles. The summed E-state index contributed by atoms with van der Waals surface area (Å²) in [5.74, 6) is 0.0841. The first-order chi connectivity index (χ1) is 10.3. The van der Waals surface area contributed by atoms with Crippen LogP contribution in [0.15, 0.2) is 5.38 Å². The van der Waals surface area contributed by atoms with E-state index in [-0.39, 0.29) is 29.6 Å². The van der Waals surface area contributed by atoms with Crippen LogP contribution in [0.5, 0.6) is 0 Å². The summed E-state index contributed by atoms with van der Waals surface area (Å²) in [4.78, 5) is 32.6. The SMILES string of the molecule is CC(C)(C)C(=O)N1CCN(C(=O)c2csc(CCN)n2)CC1.Cl. The Hall–Kier alpha value is -1.18. The first kappa shape index (κ1) is 19.9. The summed E-state index contributed by atoms with van der Waals surface area (Å²) in [6.45, 7) is 8.58. The van der Waals surface area contributed by atoms with Gasteiger partial charge in [0.2, 0.25) is 5.91 Å². The lowest BCUT2D eigenvalue weighted by molar-refractivity contribution is -0.140. The van der Waals surface area contributed by atoms with E-state index in [1.807, 2.05) is 25.7 Å². The molecule has 1 fully saturated rings. The Bertz CT molecular complexity index is 548. The molecular formula is C15H25ClN4O2S. The highest BCUT2D eigenvalue weighted by Gasteiger charge is 2.31. The molecule has 2 rings (SSSR count). The molecule has 2 heterocycles. The van der Waals surface area contributed by atoms with Crippen LogP contribution in [-0.2, 0) is 11.2 Å². The number of piperazine rings is 1. The number of hydrogen-bond acceptors (Lipinski definition) is 5. The minimum absolute atomic E-state index is 0. The minimum Gasteiger partial charge on any atom is -0.339 e. The highest BCUT2D eigenvalue weighted by atomic mass is 35.5. The molecule has 0 aromatic carbocycles. The number of carbonyl (C=O) groups is 2. The molecule has 0 unspecified atom stereocenters. The largest absolute Gasteiger partial charge is 0.339 e. The van der Waals surface area contributed by atoms with E-state index >= 15 is 0 Å². The summed E-state index contributed by atoms with van der Waals surface area (Å²) >= 11 is 1.47. The second-order valence-electron chi connectivity index (χ2n) is 6.50. The zero-order valence-corrected chi connectivity index (χ0v) is 15.5.